The molecule has 0 bridgehead atoms. The highest BCUT2D eigenvalue weighted by atomic mass is 16.1. The monoisotopic (exact) mass is 132 g/mol. The SMILES string of the molecule is CC.CNC(C=O)CN. The minimum atomic E-state index is -0.167. The Balaban J connectivity index is 0. The minimum absolute atomic E-state index is 0.167. The molecular weight excluding hydrogens is 116 g/mol. The van der Waals surface area contributed by atoms with E-state index in [2.05, 4.69) is 5.32 Å². The van der Waals surface area contributed by atoms with Gasteiger partial charge in [-0.25, -0.2) is 0 Å². The molecule has 0 aliphatic rings. The fourth-order valence-corrected chi connectivity index (χ4v) is 0.241. The van der Waals surface area contributed by atoms with Crippen LogP contribution in [0.4, 0.5) is 0 Å². The third-order valence-corrected chi connectivity index (χ3v) is 0.789. The van der Waals surface area contributed by atoms with Crippen molar-refractivity contribution in [3.8, 4) is 0 Å². The molecule has 9 heavy (non-hydrogen) atoms. The average Bonchev–Trinajstić information content (AvgIpc) is 1.96. The summed E-state index contributed by atoms with van der Waals surface area (Å²) in [6.45, 7) is 4.38. The van der Waals surface area contributed by atoms with Gasteiger partial charge in [0.2, 0.25) is 0 Å². The molecule has 0 fully saturated rings. The molecule has 0 aromatic heterocycles. The molecule has 3 heteroatoms. The van der Waals surface area contributed by atoms with Gasteiger partial charge in [0.15, 0.2) is 0 Å². The van der Waals surface area contributed by atoms with Crippen molar-refractivity contribution in [2.75, 3.05) is 13.6 Å². The van der Waals surface area contributed by atoms with E-state index in [0.717, 1.165) is 6.29 Å². The number of hydrogen-bond donors (Lipinski definition) is 2. The highest BCUT2D eigenvalue weighted by molar-refractivity contribution is 5.57. The molecular formula is C6H16N2O. The molecule has 3 N–H and O–H groups in total. The quantitative estimate of drug-likeness (QED) is 0.521. The zero-order valence-corrected chi connectivity index (χ0v) is 6.35. The van der Waals surface area contributed by atoms with Gasteiger partial charge in [-0.15, -0.1) is 0 Å². The summed E-state index contributed by atoms with van der Waals surface area (Å²) in [4.78, 5) is 9.82. The first-order chi connectivity index (χ1) is 4.35. The molecule has 0 aromatic carbocycles. The van der Waals surface area contributed by atoms with Crippen molar-refractivity contribution in [3.63, 3.8) is 0 Å². The second-order valence-electron chi connectivity index (χ2n) is 1.27. The maximum absolute atomic E-state index is 9.82. The summed E-state index contributed by atoms with van der Waals surface area (Å²) in [6.07, 6.45) is 0.792. The minimum Gasteiger partial charge on any atom is -0.329 e. The summed E-state index contributed by atoms with van der Waals surface area (Å²) in [7, 11) is 1.70. The zero-order valence-electron chi connectivity index (χ0n) is 6.35. The number of nitrogens with two attached hydrogens (primary N) is 1. The third kappa shape index (κ3) is 7.59. The number of carbonyl (C=O) groups excluding carboxylic acids is 1. The van der Waals surface area contributed by atoms with Crippen molar-refractivity contribution < 1.29 is 4.79 Å². The van der Waals surface area contributed by atoms with E-state index >= 15 is 0 Å². The van der Waals surface area contributed by atoms with Gasteiger partial charge in [0, 0.05) is 6.54 Å². The summed E-state index contributed by atoms with van der Waals surface area (Å²) in [6, 6.07) is -0.167. The maximum Gasteiger partial charge on any atom is 0.138 e. The summed E-state index contributed by atoms with van der Waals surface area (Å²) in [5.74, 6) is 0. The summed E-state index contributed by atoms with van der Waals surface area (Å²) in [5.41, 5.74) is 5.10. The van der Waals surface area contributed by atoms with Crippen LogP contribution in [-0.2, 0) is 4.79 Å². The lowest BCUT2D eigenvalue weighted by atomic mass is 10.3. The Morgan fingerprint density at radius 3 is 2.11 bits per heavy atom. The number of likely N-dealkylation sites (N-methyl/N-ethyl adjacent to an activating group) is 1. The van der Waals surface area contributed by atoms with Gasteiger partial charge >= 0.3 is 0 Å². The van der Waals surface area contributed by atoms with Crippen molar-refractivity contribution in [2.24, 2.45) is 5.73 Å². The van der Waals surface area contributed by atoms with Crippen LogP contribution < -0.4 is 11.1 Å². The smallest absolute Gasteiger partial charge is 0.138 e. The van der Waals surface area contributed by atoms with Gasteiger partial charge in [-0.05, 0) is 7.05 Å². The molecule has 0 heterocycles. The lowest BCUT2D eigenvalue weighted by molar-refractivity contribution is -0.109. The number of carbonyl (C=O) groups is 1. The summed E-state index contributed by atoms with van der Waals surface area (Å²) < 4.78 is 0. The molecule has 0 spiro atoms. The van der Waals surface area contributed by atoms with Gasteiger partial charge in [-0.3, -0.25) is 0 Å². The molecule has 56 valence electrons. The van der Waals surface area contributed by atoms with E-state index in [0.29, 0.717) is 6.54 Å². The molecule has 0 amide bonds. The van der Waals surface area contributed by atoms with Crippen LogP contribution >= 0.6 is 0 Å². The van der Waals surface area contributed by atoms with Crippen molar-refractivity contribution >= 4 is 6.29 Å². The van der Waals surface area contributed by atoms with Crippen LogP contribution in [0.25, 0.3) is 0 Å². The standard InChI is InChI=1S/C4H10N2O.C2H6/c1-6-4(2-5)3-7;1-2/h3-4,6H,2,5H2,1H3;1-2H3. The normalized spacial score (nSPS) is 11.1. The van der Waals surface area contributed by atoms with E-state index in [1.807, 2.05) is 13.8 Å². The van der Waals surface area contributed by atoms with Gasteiger partial charge in [-0.1, -0.05) is 13.8 Å². The largest absolute Gasteiger partial charge is 0.329 e. The Bertz CT molecular complexity index is 53.0. The third-order valence-electron chi connectivity index (χ3n) is 0.789. The maximum atomic E-state index is 9.82. The van der Waals surface area contributed by atoms with Crippen LogP contribution in [0.2, 0.25) is 0 Å². The first kappa shape index (κ1) is 11.4. The van der Waals surface area contributed by atoms with E-state index in [1.54, 1.807) is 7.05 Å². The Hall–Kier alpha value is -0.410. The van der Waals surface area contributed by atoms with Crippen LogP contribution in [0.5, 0.6) is 0 Å². The van der Waals surface area contributed by atoms with Crippen molar-refractivity contribution in [3.05, 3.63) is 0 Å². The molecule has 0 radical (unpaired) electrons. The molecule has 0 saturated carbocycles. The molecule has 0 aromatic rings. The van der Waals surface area contributed by atoms with Gasteiger partial charge in [-0.2, -0.15) is 0 Å². The van der Waals surface area contributed by atoms with Crippen molar-refractivity contribution in [1.82, 2.24) is 5.32 Å². The lowest BCUT2D eigenvalue weighted by Gasteiger charge is -2.00. The van der Waals surface area contributed by atoms with E-state index < -0.39 is 0 Å². The number of aldehydes is 1. The molecule has 3 nitrogen and oxygen atoms in total. The van der Waals surface area contributed by atoms with E-state index in [4.69, 9.17) is 5.73 Å². The molecule has 0 rings (SSSR count). The fraction of sp³-hybridized carbons (Fsp3) is 0.833. The molecule has 0 aliphatic carbocycles. The van der Waals surface area contributed by atoms with Gasteiger partial charge in [0.25, 0.3) is 0 Å². The molecule has 1 unspecified atom stereocenters. The van der Waals surface area contributed by atoms with Crippen LogP contribution in [0, 0.1) is 0 Å². The van der Waals surface area contributed by atoms with Gasteiger partial charge in [0.05, 0.1) is 6.04 Å². The predicted molar refractivity (Wildman–Crippen MR) is 39.3 cm³/mol. The second kappa shape index (κ2) is 10.5. The first-order valence-electron chi connectivity index (χ1n) is 3.17. The summed E-state index contributed by atoms with van der Waals surface area (Å²) in [5, 5.41) is 2.71. The fourth-order valence-electron chi connectivity index (χ4n) is 0.241. The second-order valence-corrected chi connectivity index (χ2v) is 1.27. The number of rotatable bonds is 3. The Morgan fingerprint density at radius 1 is 1.67 bits per heavy atom. The van der Waals surface area contributed by atoms with Crippen molar-refractivity contribution in [1.29, 1.82) is 0 Å². The molecule has 0 aliphatic heterocycles. The summed E-state index contributed by atoms with van der Waals surface area (Å²) >= 11 is 0. The average molecular weight is 132 g/mol. The van der Waals surface area contributed by atoms with E-state index in [9.17, 15) is 4.79 Å². The predicted octanol–water partition coefficient (Wildman–Crippen LogP) is -0.242. The number of nitrogens with one attached hydrogen (secondary N) is 1. The Morgan fingerprint density at radius 2 is 2.11 bits per heavy atom. The molecule has 0 saturated heterocycles. The Labute approximate surface area is 56.6 Å². The van der Waals surface area contributed by atoms with Gasteiger partial charge in [0.1, 0.15) is 6.29 Å². The number of hydrogen-bond acceptors (Lipinski definition) is 3. The Kier molecular flexibility index (Phi) is 13.4. The first-order valence-corrected chi connectivity index (χ1v) is 3.17. The highest BCUT2D eigenvalue weighted by Crippen LogP contribution is 1.64. The van der Waals surface area contributed by atoms with Crippen LogP contribution in [-0.4, -0.2) is 25.9 Å². The van der Waals surface area contributed by atoms with E-state index in [1.165, 1.54) is 0 Å². The van der Waals surface area contributed by atoms with E-state index in [-0.39, 0.29) is 6.04 Å². The van der Waals surface area contributed by atoms with Crippen LogP contribution in [0.1, 0.15) is 13.8 Å². The van der Waals surface area contributed by atoms with Crippen molar-refractivity contribution in [2.45, 2.75) is 19.9 Å². The topological polar surface area (TPSA) is 55.1 Å². The zero-order chi connectivity index (χ0) is 7.70. The van der Waals surface area contributed by atoms with Gasteiger partial charge < -0.3 is 15.8 Å². The van der Waals surface area contributed by atoms with Crippen LogP contribution in [0.3, 0.4) is 0 Å². The molecule has 1 atom stereocenters. The van der Waals surface area contributed by atoms with Crippen LogP contribution in [0.15, 0.2) is 0 Å². The lowest BCUT2D eigenvalue weighted by Crippen LogP contribution is -2.34. The highest BCUT2D eigenvalue weighted by Gasteiger charge is 1.95.